The zero-order valence-corrected chi connectivity index (χ0v) is 8.71. The quantitative estimate of drug-likeness (QED) is 0.568. The van der Waals surface area contributed by atoms with E-state index in [-0.39, 0.29) is 4.88 Å². The van der Waals surface area contributed by atoms with Crippen LogP contribution in [0.3, 0.4) is 0 Å². The molecule has 2 aromatic rings. The second-order valence-electron chi connectivity index (χ2n) is 2.90. The van der Waals surface area contributed by atoms with E-state index < -0.39 is 6.43 Å². The van der Waals surface area contributed by atoms with Gasteiger partial charge in [-0.2, -0.15) is 0 Å². The zero-order valence-electron chi connectivity index (χ0n) is 7.00. The van der Waals surface area contributed by atoms with Crippen molar-refractivity contribution < 1.29 is 8.78 Å². The van der Waals surface area contributed by atoms with Gasteiger partial charge >= 0.3 is 0 Å². The van der Waals surface area contributed by atoms with Crippen molar-refractivity contribution in [3.63, 3.8) is 0 Å². The van der Waals surface area contributed by atoms with Crippen molar-refractivity contribution in [2.45, 2.75) is 11.3 Å². The Kier molecular flexibility index (Phi) is 2.36. The molecule has 1 aromatic heterocycles. The highest BCUT2D eigenvalue weighted by Gasteiger charge is 2.12. The van der Waals surface area contributed by atoms with Crippen molar-refractivity contribution in [1.29, 1.82) is 0 Å². The van der Waals surface area contributed by atoms with Gasteiger partial charge in [0, 0.05) is 20.7 Å². The van der Waals surface area contributed by atoms with Gasteiger partial charge < -0.3 is 5.73 Å². The molecule has 0 radical (unpaired) electrons. The Hall–Kier alpha value is -0.810. The Morgan fingerprint density at radius 1 is 1.29 bits per heavy atom. The van der Waals surface area contributed by atoms with Gasteiger partial charge in [-0.15, -0.1) is 24.0 Å². The first-order chi connectivity index (χ1) is 6.58. The third-order valence-electron chi connectivity index (χ3n) is 1.89. The average Bonchev–Trinajstić information content (AvgIpc) is 2.47. The van der Waals surface area contributed by atoms with Gasteiger partial charge in [-0.3, -0.25) is 0 Å². The Bertz CT molecular complexity index is 479. The molecule has 2 N–H and O–H groups in total. The highest BCUT2D eigenvalue weighted by molar-refractivity contribution is 7.80. The van der Waals surface area contributed by atoms with Crippen molar-refractivity contribution in [3.8, 4) is 0 Å². The predicted octanol–water partition coefficient (Wildman–Crippen LogP) is 3.71. The summed E-state index contributed by atoms with van der Waals surface area (Å²) in [5, 5.41) is 0.683. The number of thiol groups is 1. The highest BCUT2D eigenvalue weighted by Crippen LogP contribution is 2.36. The lowest BCUT2D eigenvalue weighted by Crippen LogP contribution is -1.84. The molecule has 0 aliphatic heterocycles. The molecular formula is C9H7F2NS2. The van der Waals surface area contributed by atoms with Crippen molar-refractivity contribution in [1.82, 2.24) is 0 Å². The van der Waals surface area contributed by atoms with Gasteiger partial charge in [0.05, 0.1) is 4.88 Å². The summed E-state index contributed by atoms with van der Waals surface area (Å²) >= 11 is 5.19. The minimum Gasteiger partial charge on any atom is -0.398 e. The molecule has 74 valence electrons. The summed E-state index contributed by atoms with van der Waals surface area (Å²) in [5.74, 6) is 0. The van der Waals surface area contributed by atoms with Crippen LogP contribution in [-0.2, 0) is 0 Å². The van der Waals surface area contributed by atoms with E-state index in [1.165, 1.54) is 6.07 Å². The van der Waals surface area contributed by atoms with E-state index in [1.54, 1.807) is 12.1 Å². The Balaban J connectivity index is 2.70. The van der Waals surface area contributed by atoms with Gasteiger partial charge in [0.15, 0.2) is 0 Å². The molecule has 0 atom stereocenters. The fraction of sp³-hybridized carbons (Fsp3) is 0.111. The van der Waals surface area contributed by atoms with E-state index in [9.17, 15) is 8.78 Å². The van der Waals surface area contributed by atoms with Crippen LogP contribution in [0.5, 0.6) is 0 Å². The molecule has 0 unspecified atom stereocenters. The average molecular weight is 231 g/mol. The van der Waals surface area contributed by atoms with E-state index in [4.69, 9.17) is 5.73 Å². The molecule has 0 saturated heterocycles. The Morgan fingerprint density at radius 2 is 2.00 bits per heavy atom. The maximum Gasteiger partial charge on any atom is 0.272 e. The fourth-order valence-electron chi connectivity index (χ4n) is 1.28. The number of nitrogens with two attached hydrogens (primary N) is 1. The summed E-state index contributed by atoms with van der Waals surface area (Å²) in [6.45, 7) is 0. The molecular weight excluding hydrogens is 224 g/mol. The number of thiophene rings is 1. The van der Waals surface area contributed by atoms with Crippen molar-refractivity contribution >= 4 is 39.7 Å². The molecule has 14 heavy (non-hydrogen) atoms. The van der Waals surface area contributed by atoms with Crippen LogP contribution in [0.25, 0.3) is 10.1 Å². The molecule has 5 heteroatoms. The maximum absolute atomic E-state index is 12.4. The smallest absolute Gasteiger partial charge is 0.272 e. The summed E-state index contributed by atoms with van der Waals surface area (Å²) in [6, 6.07) is 4.84. The molecule has 1 heterocycles. The lowest BCUT2D eigenvalue weighted by molar-refractivity contribution is 0.156. The van der Waals surface area contributed by atoms with E-state index in [0.717, 1.165) is 16.0 Å². The summed E-state index contributed by atoms with van der Waals surface area (Å²) in [7, 11) is 0. The largest absolute Gasteiger partial charge is 0.398 e. The number of hydrogen-bond acceptors (Lipinski definition) is 3. The van der Waals surface area contributed by atoms with Crippen molar-refractivity contribution in [3.05, 3.63) is 23.1 Å². The van der Waals surface area contributed by atoms with Crippen LogP contribution in [0, 0.1) is 0 Å². The van der Waals surface area contributed by atoms with Crippen LogP contribution in [0.2, 0.25) is 0 Å². The summed E-state index contributed by atoms with van der Waals surface area (Å²) in [6.07, 6.45) is -2.44. The summed E-state index contributed by atoms with van der Waals surface area (Å²) < 4.78 is 25.5. The van der Waals surface area contributed by atoms with Crippen LogP contribution in [0.1, 0.15) is 11.3 Å². The number of fused-ring (bicyclic) bond motifs is 1. The second-order valence-corrected chi connectivity index (χ2v) is 4.53. The van der Waals surface area contributed by atoms with Crippen LogP contribution < -0.4 is 5.73 Å². The zero-order chi connectivity index (χ0) is 10.3. The number of rotatable bonds is 1. The summed E-state index contributed by atoms with van der Waals surface area (Å²) in [4.78, 5) is 0.739. The van der Waals surface area contributed by atoms with E-state index >= 15 is 0 Å². The first-order valence-corrected chi connectivity index (χ1v) is 5.14. The van der Waals surface area contributed by atoms with Gasteiger partial charge in [-0.05, 0) is 18.2 Å². The lowest BCUT2D eigenvalue weighted by atomic mass is 10.2. The number of halogens is 2. The normalized spacial score (nSPS) is 11.4. The lowest BCUT2D eigenvalue weighted by Gasteiger charge is -1.96. The van der Waals surface area contributed by atoms with Crippen LogP contribution >= 0.6 is 24.0 Å². The van der Waals surface area contributed by atoms with Crippen LogP contribution in [0.15, 0.2) is 23.1 Å². The van der Waals surface area contributed by atoms with Gasteiger partial charge in [-0.1, -0.05) is 0 Å². The number of benzene rings is 1. The van der Waals surface area contributed by atoms with Gasteiger partial charge in [-0.25, -0.2) is 8.78 Å². The van der Waals surface area contributed by atoms with Crippen molar-refractivity contribution in [2.75, 3.05) is 5.73 Å². The number of hydrogen-bond donors (Lipinski definition) is 2. The molecule has 2 rings (SSSR count). The van der Waals surface area contributed by atoms with E-state index in [2.05, 4.69) is 12.6 Å². The molecule has 0 spiro atoms. The SMILES string of the molecule is Nc1cc(S)cc2sc(C(F)F)cc12. The van der Waals surface area contributed by atoms with Gasteiger partial charge in [0.1, 0.15) is 0 Å². The standard InChI is InChI=1S/C9H7F2NS2/c10-9(11)8-3-5-6(12)1-4(13)2-7(5)14-8/h1-3,9,13H,12H2. The maximum atomic E-state index is 12.4. The monoisotopic (exact) mass is 231 g/mol. The van der Waals surface area contributed by atoms with Gasteiger partial charge in [0.25, 0.3) is 6.43 Å². The fourth-order valence-corrected chi connectivity index (χ4v) is 2.63. The van der Waals surface area contributed by atoms with Gasteiger partial charge in [0.2, 0.25) is 0 Å². The molecule has 0 fully saturated rings. The minimum atomic E-state index is -2.44. The molecule has 0 saturated carbocycles. The molecule has 0 aliphatic rings. The Labute approximate surface area is 88.9 Å². The molecule has 0 aliphatic carbocycles. The van der Waals surface area contributed by atoms with Crippen molar-refractivity contribution in [2.24, 2.45) is 0 Å². The van der Waals surface area contributed by atoms with E-state index in [1.807, 2.05) is 0 Å². The number of alkyl halides is 2. The number of anilines is 1. The molecule has 0 bridgehead atoms. The first-order valence-electron chi connectivity index (χ1n) is 3.88. The van der Waals surface area contributed by atoms with Crippen LogP contribution in [-0.4, -0.2) is 0 Å². The highest BCUT2D eigenvalue weighted by atomic mass is 32.1. The molecule has 0 amide bonds. The van der Waals surface area contributed by atoms with Crippen LogP contribution in [0.4, 0.5) is 14.5 Å². The third-order valence-corrected chi connectivity index (χ3v) is 3.24. The first kappa shape index (κ1) is 9.73. The third kappa shape index (κ3) is 1.57. The minimum absolute atomic E-state index is 0.0469. The second kappa shape index (κ2) is 3.40. The predicted molar refractivity (Wildman–Crippen MR) is 58.4 cm³/mol. The topological polar surface area (TPSA) is 26.0 Å². The van der Waals surface area contributed by atoms with E-state index in [0.29, 0.717) is 16.0 Å². The number of nitrogen functional groups attached to an aromatic ring is 1. The summed E-state index contributed by atoms with van der Waals surface area (Å²) in [5.41, 5.74) is 6.18. The Morgan fingerprint density at radius 3 is 2.64 bits per heavy atom. The molecule has 1 nitrogen and oxygen atoms in total. The molecule has 1 aromatic carbocycles.